The lowest BCUT2D eigenvalue weighted by atomic mass is 10.7. The third kappa shape index (κ3) is 215. The minimum Gasteiger partial charge on any atom is -0.478 e. The molecular weight excluding hydrogens is 180 g/mol. The van der Waals surface area contributed by atoms with Crippen molar-refractivity contribution in [2.45, 2.75) is 0 Å². The van der Waals surface area contributed by atoms with E-state index in [0.29, 0.717) is 0 Å². The van der Waals surface area contributed by atoms with E-state index in [4.69, 9.17) is 25.5 Å². The van der Waals surface area contributed by atoms with E-state index in [1.807, 2.05) is 0 Å². The molecule has 0 fully saturated rings. The molecule has 6 heteroatoms. The molecular formula is C7H18O6. The highest BCUT2D eigenvalue weighted by Crippen LogP contribution is 1.54. The van der Waals surface area contributed by atoms with Crippen molar-refractivity contribution in [3.05, 3.63) is 12.7 Å². The SMILES string of the molecule is C=CC(=O)O.CO.CO.OCCO. The van der Waals surface area contributed by atoms with Crippen LogP contribution < -0.4 is 0 Å². The number of hydrogen-bond acceptors (Lipinski definition) is 5. The predicted molar refractivity (Wildman–Crippen MR) is 48.3 cm³/mol. The van der Waals surface area contributed by atoms with Crippen molar-refractivity contribution < 1.29 is 30.3 Å². The topological polar surface area (TPSA) is 118 Å². The average Bonchev–Trinajstić information content (AvgIpc) is 2.24. The number of rotatable bonds is 2. The van der Waals surface area contributed by atoms with Gasteiger partial charge < -0.3 is 25.5 Å². The Labute approximate surface area is 77.4 Å². The fraction of sp³-hybridized carbons (Fsp3) is 0.571. The first-order valence-electron chi connectivity index (χ1n) is 3.15. The highest BCUT2D eigenvalue weighted by Gasteiger charge is 1.73. The molecule has 0 heterocycles. The zero-order valence-corrected chi connectivity index (χ0v) is 7.84. The van der Waals surface area contributed by atoms with Crippen LogP contribution in [-0.2, 0) is 4.79 Å². The summed E-state index contributed by atoms with van der Waals surface area (Å²) >= 11 is 0. The smallest absolute Gasteiger partial charge is 0.327 e. The Bertz CT molecular complexity index is 81.1. The first-order valence-corrected chi connectivity index (χ1v) is 3.15. The Morgan fingerprint density at radius 3 is 1.31 bits per heavy atom. The van der Waals surface area contributed by atoms with Crippen LogP contribution in [0.5, 0.6) is 0 Å². The third-order valence-electron chi connectivity index (χ3n) is 0.275. The van der Waals surface area contributed by atoms with Crippen molar-refractivity contribution >= 4 is 5.97 Å². The summed E-state index contributed by atoms with van der Waals surface area (Å²) in [6.07, 6.45) is 0.833. The second-order valence-corrected chi connectivity index (χ2v) is 0.990. The number of hydrogen-bond donors (Lipinski definition) is 5. The van der Waals surface area contributed by atoms with Gasteiger partial charge in [-0.1, -0.05) is 6.58 Å². The molecule has 0 atom stereocenters. The number of aliphatic hydroxyl groups excluding tert-OH is 4. The van der Waals surface area contributed by atoms with Gasteiger partial charge in [0.15, 0.2) is 0 Å². The minimum absolute atomic E-state index is 0.125. The minimum atomic E-state index is -0.981. The van der Waals surface area contributed by atoms with E-state index >= 15 is 0 Å². The van der Waals surface area contributed by atoms with Crippen molar-refractivity contribution in [1.82, 2.24) is 0 Å². The molecule has 0 aliphatic rings. The number of carboxylic acids is 1. The molecule has 0 unspecified atom stereocenters. The van der Waals surface area contributed by atoms with E-state index < -0.39 is 5.97 Å². The Kier molecular flexibility index (Phi) is 76.4. The van der Waals surface area contributed by atoms with E-state index in [1.165, 1.54) is 0 Å². The normalized spacial score (nSPS) is 5.69. The molecule has 5 N–H and O–H groups in total. The maximum Gasteiger partial charge on any atom is 0.327 e. The molecule has 0 aromatic rings. The van der Waals surface area contributed by atoms with Gasteiger partial charge in [-0.05, 0) is 0 Å². The van der Waals surface area contributed by atoms with Gasteiger partial charge in [-0.15, -0.1) is 0 Å². The van der Waals surface area contributed by atoms with Gasteiger partial charge in [0.1, 0.15) is 0 Å². The Hall–Kier alpha value is -0.950. The maximum atomic E-state index is 9.25. The van der Waals surface area contributed by atoms with Crippen molar-refractivity contribution in [1.29, 1.82) is 0 Å². The van der Waals surface area contributed by atoms with Gasteiger partial charge in [-0.2, -0.15) is 0 Å². The molecule has 0 aromatic carbocycles. The molecule has 13 heavy (non-hydrogen) atoms. The molecule has 0 aromatic heterocycles. The molecule has 6 nitrogen and oxygen atoms in total. The largest absolute Gasteiger partial charge is 0.478 e. The van der Waals surface area contributed by atoms with Gasteiger partial charge in [0.2, 0.25) is 0 Å². The Balaban J connectivity index is -0.0000000457. The molecule has 0 saturated heterocycles. The molecule has 0 bridgehead atoms. The lowest BCUT2D eigenvalue weighted by Gasteiger charge is -1.70. The number of aliphatic hydroxyl groups is 4. The predicted octanol–water partition coefficient (Wildman–Crippen LogP) is -1.55. The fourth-order valence-electron chi connectivity index (χ4n) is 0. The van der Waals surface area contributed by atoms with Crippen molar-refractivity contribution in [2.24, 2.45) is 0 Å². The van der Waals surface area contributed by atoms with Crippen molar-refractivity contribution in [2.75, 3.05) is 27.4 Å². The summed E-state index contributed by atoms with van der Waals surface area (Å²) < 4.78 is 0. The summed E-state index contributed by atoms with van der Waals surface area (Å²) in [6, 6.07) is 0. The average molecular weight is 198 g/mol. The number of aliphatic carboxylic acids is 1. The maximum absolute atomic E-state index is 9.25. The van der Waals surface area contributed by atoms with E-state index in [1.54, 1.807) is 0 Å². The van der Waals surface area contributed by atoms with Gasteiger partial charge in [0.05, 0.1) is 13.2 Å². The lowest BCUT2D eigenvalue weighted by Crippen LogP contribution is -1.85. The van der Waals surface area contributed by atoms with E-state index in [0.717, 1.165) is 20.3 Å². The van der Waals surface area contributed by atoms with Crippen LogP contribution in [0.15, 0.2) is 12.7 Å². The molecule has 0 radical (unpaired) electrons. The molecule has 0 aliphatic carbocycles. The van der Waals surface area contributed by atoms with E-state index in [9.17, 15) is 4.79 Å². The highest BCUT2D eigenvalue weighted by atomic mass is 16.4. The van der Waals surface area contributed by atoms with Crippen LogP contribution in [0.3, 0.4) is 0 Å². The van der Waals surface area contributed by atoms with Gasteiger partial charge >= 0.3 is 5.97 Å². The van der Waals surface area contributed by atoms with Crippen LogP contribution in [0.1, 0.15) is 0 Å². The van der Waals surface area contributed by atoms with Crippen LogP contribution in [0, 0.1) is 0 Å². The highest BCUT2D eigenvalue weighted by molar-refractivity contribution is 5.78. The van der Waals surface area contributed by atoms with Crippen LogP contribution in [0.25, 0.3) is 0 Å². The van der Waals surface area contributed by atoms with E-state index in [2.05, 4.69) is 6.58 Å². The number of carboxylic acid groups (broad SMARTS) is 1. The van der Waals surface area contributed by atoms with Gasteiger partial charge in [-0.3, -0.25) is 0 Å². The van der Waals surface area contributed by atoms with Gasteiger partial charge in [-0.25, -0.2) is 4.79 Å². The summed E-state index contributed by atoms with van der Waals surface area (Å²) in [7, 11) is 2.00. The van der Waals surface area contributed by atoms with Gasteiger partial charge in [0.25, 0.3) is 0 Å². The third-order valence-corrected chi connectivity index (χ3v) is 0.275. The quantitative estimate of drug-likeness (QED) is 0.343. The second kappa shape index (κ2) is 43.8. The van der Waals surface area contributed by atoms with Gasteiger partial charge in [0, 0.05) is 20.3 Å². The fourth-order valence-corrected chi connectivity index (χ4v) is 0. The monoisotopic (exact) mass is 198 g/mol. The zero-order chi connectivity index (χ0) is 11.7. The summed E-state index contributed by atoms with van der Waals surface area (Å²) in [5.41, 5.74) is 0. The summed E-state index contributed by atoms with van der Waals surface area (Å²) in [6.45, 7) is 2.71. The van der Waals surface area contributed by atoms with Crippen molar-refractivity contribution in [3.63, 3.8) is 0 Å². The summed E-state index contributed by atoms with van der Waals surface area (Å²) in [5.74, 6) is -0.981. The van der Waals surface area contributed by atoms with Crippen LogP contribution in [0.2, 0.25) is 0 Å². The molecule has 82 valence electrons. The first kappa shape index (κ1) is 22.7. The first-order chi connectivity index (χ1) is 6.18. The lowest BCUT2D eigenvalue weighted by molar-refractivity contribution is -0.131. The van der Waals surface area contributed by atoms with Crippen LogP contribution >= 0.6 is 0 Å². The Morgan fingerprint density at radius 2 is 1.31 bits per heavy atom. The molecule has 0 saturated carbocycles. The molecule has 0 spiro atoms. The van der Waals surface area contributed by atoms with Crippen molar-refractivity contribution in [3.8, 4) is 0 Å². The Morgan fingerprint density at radius 1 is 1.15 bits per heavy atom. The van der Waals surface area contributed by atoms with Crippen LogP contribution in [-0.4, -0.2) is 58.9 Å². The second-order valence-electron chi connectivity index (χ2n) is 0.990. The summed E-state index contributed by atoms with van der Waals surface area (Å²) in [5, 5.41) is 36.9. The molecule has 0 aliphatic heterocycles. The zero-order valence-electron chi connectivity index (χ0n) is 7.84. The standard InChI is InChI=1S/C3H4O2.C2H6O2.2CH4O/c1-2-3(4)5;3-1-2-4;2*1-2/h2H,1H2,(H,4,5);3-4H,1-2H2;2*2H,1H3. The molecule has 0 rings (SSSR count). The summed E-state index contributed by atoms with van der Waals surface area (Å²) in [4.78, 5) is 9.25. The van der Waals surface area contributed by atoms with Crippen LogP contribution in [0.4, 0.5) is 0 Å². The van der Waals surface area contributed by atoms with E-state index in [-0.39, 0.29) is 13.2 Å². The molecule has 0 amide bonds. The number of carbonyl (C=O) groups is 1.